The number of nitrogen functional groups attached to an aromatic ring is 1. The zero-order valence-electron chi connectivity index (χ0n) is 8.11. The van der Waals surface area contributed by atoms with Gasteiger partial charge in [-0.25, -0.2) is 9.37 Å². The van der Waals surface area contributed by atoms with E-state index in [4.69, 9.17) is 10.5 Å². The molecule has 0 saturated carbocycles. The summed E-state index contributed by atoms with van der Waals surface area (Å²) in [7, 11) is 0. The molecule has 0 aliphatic carbocycles. The number of hydrogen-bond acceptors (Lipinski definition) is 4. The fourth-order valence-electron chi connectivity index (χ4n) is 1.13. The Balaban J connectivity index is 2.04. The Morgan fingerprint density at radius 2 is 2.31 bits per heavy atom. The summed E-state index contributed by atoms with van der Waals surface area (Å²) in [6.45, 7) is 0.374. The summed E-state index contributed by atoms with van der Waals surface area (Å²) >= 11 is 4.59. The first kappa shape index (κ1) is 11.3. The zero-order valence-corrected chi connectivity index (χ0v) is 10.5. The fraction of sp³-hybridized carbons (Fsp3) is 0.100. The Hall–Kier alpha value is -1.14. The number of halogens is 2. The van der Waals surface area contributed by atoms with E-state index < -0.39 is 0 Å². The Morgan fingerprint density at radius 1 is 1.50 bits per heavy atom. The van der Waals surface area contributed by atoms with Gasteiger partial charge in [-0.05, 0) is 34.1 Å². The summed E-state index contributed by atoms with van der Waals surface area (Å²) in [6.07, 6.45) is 1.66. The number of anilines is 1. The zero-order chi connectivity index (χ0) is 11.5. The molecular weight excluding hydrogens is 295 g/mol. The van der Waals surface area contributed by atoms with E-state index in [1.54, 1.807) is 12.3 Å². The molecule has 0 amide bonds. The third-order valence-corrected chi connectivity index (χ3v) is 3.26. The van der Waals surface area contributed by atoms with Gasteiger partial charge in [0, 0.05) is 6.20 Å². The van der Waals surface area contributed by atoms with Gasteiger partial charge in [-0.2, -0.15) is 0 Å². The molecule has 0 radical (unpaired) electrons. The van der Waals surface area contributed by atoms with Crippen molar-refractivity contribution in [2.24, 2.45) is 0 Å². The van der Waals surface area contributed by atoms with Gasteiger partial charge >= 0.3 is 0 Å². The molecule has 0 fully saturated rings. The lowest BCUT2D eigenvalue weighted by atomic mass is 10.3. The first-order valence-corrected chi connectivity index (χ1v) is 6.04. The Bertz CT molecular complexity index is 503. The smallest absolute Gasteiger partial charge is 0.180 e. The molecule has 6 heteroatoms. The van der Waals surface area contributed by atoms with Crippen molar-refractivity contribution in [2.75, 3.05) is 5.73 Å². The van der Waals surface area contributed by atoms with Crippen LogP contribution in [0.15, 0.2) is 28.9 Å². The van der Waals surface area contributed by atoms with Crippen LogP contribution in [0.5, 0.6) is 5.75 Å². The molecule has 1 aromatic carbocycles. The van der Waals surface area contributed by atoms with Gasteiger partial charge in [0.2, 0.25) is 0 Å². The molecule has 0 aliphatic heterocycles. The standard InChI is InChI=1S/C10H8BrFN2OS/c11-8-3-6(12)1-2-9(8)15-5-7-4-14-10(13)16-7/h1-4H,5H2,(H2,13,14). The summed E-state index contributed by atoms with van der Waals surface area (Å²) in [5.74, 6) is 0.287. The highest BCUT2D eigenvalue weighted by Crippen LogP contribution is 2.27. The third-order valence-electron chi connectivity index (χ3n) is 1.84. The predicted molar refractivity (Wildman–Crippen MR) is 65.0 cm³/mol. The molecule has 3 nitrogen and oxygen atoms in total. The maximum Gasteiger partial charge on any atom is 0.180 e. The molecule has 2 aromatic rings. The summed E-state index contributed by atoms with van der Waals surface area (Å²) in [5, 5.41) is 0.511. The van der Waals surface area contributed by atoms with Crippen molar-refractivity contribution in [1.82, 2.24) is 4.98 Å². The van der Waals surface area contributed by atoms with Crippen molar-refractivity contribution in [1.29, 1.82) is 0 Å². The molecule has 0 spiro atoms. The van der Waals surface area contributed by atoms with Gasteiger partial charge in [-0.3, -0.25) is 0 Å². The van der Waals surface area contributed by atoms with E-state index in [1.165, 1.54) is 23.5 Å². The Labute approximate surface area is 104 Å². The molecule has 0 bridgehead atoms. The van der Waals surface area contributed by atoms with Crippen LogP contribution in [0.3, 0.4) is 0 Å². The van der Waals surface area contributed by atoms with Gasteiger partial charge < -0.3 is 10.5 Å². The third kappa shape index (κ3) is 2.70. The number of aromatic nitrogens is 1. The minimum Gasteiger partial charge on any atom is -0.487 e. The number of ether oxygens (including phenoxy) is 1. The van der Waals surface area contributed by atoms with Crippen molar-refractivity contribution in [3.63, 3.8) is 0 Å². The largest absolute Gasteiger partial charge is 0.487 e. The first-order valence-electron chi connectivity index (χ1n) is 4.43. The number of hydrogen-bond donors (Lipinski definition) is 1. The molecule has 1 heterocycles. The highest BCUT2D eigenvalue weighted by Gasteiger charge is 2.04. The molecule has 0 unspecified atom stereocenters. The van der Waals surface area contributed by atoms with Gasteiger partial charge in [-0.15, -0.1) is 0 Å². The second kappa shape index (κ2) is 4.80. The maximum absolute atomic E-state index is 12.8. The first-order chi connectivity index (χ1) is 7.65. The quantitative estimate of drug-likeness (QED) is 0.947. The van der Waals surface area contributed by atoms with Crippen molar-refractivity contribution in [3.05, 3.63) is 39.6 Å². The lowest BCUT2D eigenvalue weighted by Crippen LogP contribution is -1.93. The molecule has 16 heavy (non-hydrogen) atoms. The Morgan fingerprint density at radius 3 is 2.94 bits per heavy atom. The van der Waals surface area contributed by atoms with Gasteiger partial charge in [0.1, 0.15) is 18.2 Å². The highest BCUT2D eigenvalue weighted by atomic mass is 79.9. The molecule has 2 N–H and O–H groups in total. The average Bonchev–Trinajstić information content (AvgIpc) is 2.63. The fourth-order valence-corrected chi connectivity index (χ4v) is 2.19. The van der Waals surface area contributed by atoms with Crippen molar-refractivity contribution < 1.29 is 9.13 Å². The topological polar surface area (TPSA) is 48.1 Å². The van der Waals surface area contributed by atoms with Gasteiger partial charge in [-0.1, -0.05) is 11.3 Å². The van der Waals surface area contributed by atoms with E-state index in [2.05, 4.69) is 20.9 Å². The van der Waals surface area contributed by atoms with Crippen LogP contribution in [-0.2, 0) is 6.61 Å². The summed E-state index contributed by atoms with van der Waals surface area (Å²) in [6, 6.07) is 4.28. The summed E-state index contributed by atoms with van der Waals surface area (Å²) in [5.41, 5.74) is 5.49. The van der Waals surface area contributed by atoms with E-state index in [0.717, 1.165) is 4.88 Å². The van der Waals surface area contributed by atoms with Crippen LogP contribution in [0.2, 0.25) is 0 Å². The Kier molecular flexibility index (Phi) is 3.40. The number of thiazole rings is 1. The highest BCUT2D eigenvalue weighted by molar-refractivity contribution is 9.10. The van der Waals surface area contributed by atoms with Crippen LogP contribution >= 0.6 is 27.3 Å². The minimum atomic E-state index is -0.304. The molecule has 2 rings (SSSR count). The van der Waals surface area contributed by atoms with E-state index in [0.29, 0.717) is 22.0 Å². The van der Waals surface area contributed by atoms with Crippen molar-refractivity contribution in [3.8, 4) is 5.75 Å². The summed E-state index contributed by atoms with van der Waals surface area (Å²) < 4.78 is 18.9. The van der Waals surface area contributed by atoms with Crippen LogP contribution in [0.1, 0.15) is 4.88 Å². The van der Waals surface area contributed by atoms with E-state index in [-0.39, 0.29) is 5.82 Å². The van der Waals surface area contributed by atoms with Crippen molar-refractivity contribution >= 4 is 32.4 Å². The number of benzene rings is 1. The molecule has 0 saturated heterocycles. The molecule has 84 valence electrons. The average molecular weight is 303 g/mol. The minimum absolute atomic E-state index is 0.304. The normalized spacial score (nSPS) is 10.4. The number of nitrogens with zero attached hydrogens (tertiary/aromatic N) is 1. The van der Waals surface area contributed by atoms with E-state index in [1.807, 2.05) is 0 Å². The molecule has 0 atom stereocenters. The number of rotatable bonds is 3. The van der Waals surface area contributed by atoms with Gasteiger partial charge in [0.05, 0.1) is 9.35 Å². The van der Waals surface area contributed by atoms with Crippen molar-refractivity contribution in [2.45, 2.75) is 6.61 Å². The lowest BCUT2D eigenvalue weighted by Gasteiger charge is -2.06. The summed E-state index contributed by atoms with van der Waals surface area (Å²) in [4.78, 5) is 4.83. The van der Waals surface area contributed by atoms with Crippen LogP contribution in [0.25, 0.3) is 0 Å². The molecule has 0 aliphatic rings. The SMILES string of the molecule is Nc1ncc(COc2ccc(F)cc2Br)s1. The van der Waals surface area contributed by atoms with Crippen LogP contribution in [0, 0.1) is 5.82 Å². The van der Waals surface area contributed by atoms with Crippen LogP contribution in [0.4, 0.5) is 9.52 Å². The predicted octanol–water partition coefficient (Wildman–Crippen LogP) is 3.21. The molecule has 1 aromatic heterocycles. The van der Waals surface area contributed by atoms with E-state index in [9.17, 15) is 4.39 Å². The van der Waals surface area contributed by atoms with Gasteiger partial charge in [0.25, 0.3) is 0 Å². The monoisotopic (exact) mass is 302 g/mol. The molecular formula is C10H8BrFN2OS. The van der Waals surface area contributed by atoms with Crippen LogP contribution < -0.4 is 10.5 Å². The maximum atomic E-state index is 12.8. The van der Waals surface area contributed by atoms with E-state index >= 15 is 0 Å². The number of nitrogens with two attached hydrogens (primary N) is 1. The second-order valence-electron chi connectivity index (χ2n) is 3.03. The van der Waals surface area contributed by atoms with Gasteiger partial charge in [0.15, 0.2) is 5.13 Å². The van der Waals surface area contributed by atoms with Crippen LogP contribution in [-0.4, -0.2) is 4.98 Å². The lowest BCUT2D eigenvalue weighted by molar-refractivity contribution is 0.307. The second-order valence-corrected chi connectivity index (χ2v) is 5.03.